The van der Waals surface area contributed by atoms with Crippen molar-refractivity contribution in [1.82, 2.24) is 15.2 Å². The molecule has 2 saturated carbocycles. The minimum absolute atomic E-state index is 0.00909. The van der Waals surface area contributed by atoms with Crippen LogP contribution in [0.25, 0.3) is 10.9 Å². The molecule has 2 amide bonds. The predicted molar refractivity (Wildman–Crippen MR) is 147 cm³/mol. The Kier molecular flexibility index (Phi) is 7.30. The van der Waals surface area contributed by atoms with E-state index < -0.39 is 12.1 Å². The van der Waals surface area contributed by atoms with Gasteiger partial charge in [-0.25, -0.2) is 0 Å². The molecule has 1 aromatic heterocycles. The van der Waals surface area contributed by atoms with Crippen molar-refractivity contribution in [1.29, 1.82) is 5.26 Å². The van der Waals surface area contributed by atoms with Crippen LogP contribution in [-0.4, -0.2) is 46.1 Å². The maximum atomic E-state index is 13.8. The van der Waals surface area contributed by atoms with Gasteiger partial charge < -0.3 is 15.2 Å². The van der Waals surface area contributed by atoms with Crippen LogP contribution >= 0.6 is 11.6 Å². The topological polar surface area (TPSA) is 106 Å². The first-order chi connectivity index (χ1) is 18.1. The van der Waals surface area contributed by atoms with Crippen LogP contribution in [0.4, 0.5) is 0 Å². The number of nitrogens with one attached hydrogen (secondary N) is 2. The van der Waals surface area contributed by atoms with E-state index in [1.54, 1.807) is 17.0 Å². The fourth-order valence-corrected chi connectivity index (χ4v) is 7.16. The van der Waals surface area contributed by atoms with Crippen molar-refractivity contribution in [2.24, 2.45) is 16.7 Å². The number of Topliss-reactive ketones (excluding diaryl/α,β-unsaturated/α-hetero) is 1. The number of H-pyrrole nitrogens is 1. The lowest BCUT2D eigenvalue weighted by Crippen LogP contribution is -2.49. The molecule has 0 bridgehead atoms. The standard InChI is InChI=1S/C30H37ClN4O3/c1-29(2)12-9-19(25(36)16-29)13-21(17-32)33-27(37)24-15-30(10-4-3-5-11-30)18-35(24)28(38)23-14-20-7-6-8-22(31)26(20)34-23/h6-8,14,19,21,24,34H,3-5,9-13,15-16,18H2,1-2H3,(H,33,37)/t19-,21-,24?/m0/s1. The fourth-order valence-electron chi connectivity index (χ4n) is 6.93. The second-order valence-corrected chi connectivity index (χ2v) is 13.0. The van der Waals surface area contributed by atoms with Gasteiger partial charge in [0.2, 0.25) is 5.91 Å². The smallest absolute Gasteiger partial charge is 0.271 e. The van der Waals surface area contributed by atoms with E-state index in [0.717, 1.165) is 43.9 Å². The highest BCUT2D eigenvalue weighted by Crippen LogP contribution is 2.47. The number of carbonyl (C=O) groups is 3. The number of ketones is 1. The molecule has 202 valence electrons. The van der Waals surface area contributed by atoms with Gasteiger partial charge in [0.15, 0.2) is 0 Å². The number of aromatic amines is 1. The second kappa shape index (κ2) is 10.4. The highest BCUT2D eigenvalue weighted by atomic mass is 35.5. The van der Waals surface area contributed by atoms with Crippen LogP contribution in [0.15, 0.2) is 24.3 Å². The monoisotopic (exact) mass is 536 g/mol. The molecule has 2 aromatic rings. The van der Waals surface area contributed by atoms with Gasteiger partial charge in [-0.1, -0.05) is 56.8 Å². The van der Waals surface area contributed by atoms with E-state index in [4.69, 9.17) is 11.6 Å². The number of halogens is 1. The summed E-state index contributed by atoms with van der Waals surface area (Å²) in [5.41, 5.74) is 1.03. The number of likely N-dealkylation sites (tertiary alicyclic amines) is 1. The van der Waals surface area contributed by atoms with Crippen LogP contribution in [0.5, 0.6) is 0 Å². The number of aromatic nitrogens is 1. The maximum Gasteiger partial charge on any atom is 0.271 e. The lowest BCUT2D eigenvalue weighted by molar-refractivity contribution is -0.129. The van der Waals surface area contributed by atoms with Gasteiger partial charge in [-0.05, 0) is 61.5 Å². The van der Waals surface area contributed by atoms with Gasteiger partial charge in [0.25, 0.3) is 5.91 Å². The van der Waals surface area contributed by atoms with Gasteiger partial charge >= 0.3 is 0 Å². The summed E-state index contributed by atoms with van der Waals surface area (Å²) in [7, 11) is 0. The Morgan fingerprint density at radius 2 is 2.00 bits per heavy atom. The van der Waals surface area contributed by atoms with E-state index in [1.807, 2.05) is 12.1 Å². The lowest BCUT2D eigenvalue weighted by Gasteiger charge is -2.34. The highest BCUT2D eigenvalue weighted by molar-refractivity contribution is 6.35. The Morgan fingerprint density at radius 1 is 1.24 bits per heavy atom. The van der Waals surface area contributed by atoms with E-state index in [2.05, 4.69) is 30.2 Å². The zero-order valence-electron chi connectivity index (χ0n) is 22.3. The third-order valence-corrected chi connectivity index (χ3v) is 9.41. The Morgan fingerprint density at radius 3 is 2.68 bits per heavy atom. The van der Waals surface area contributed by atoms with Crippen molar-refractivity contribution in [3.63, 3.8) is 0 Å². The van der Waals surface area contributed by atoms with Crippen molar-refractivity contribution in [3.05, 3.63) is 35.0 Å². The summed E-state index contributed by atoms with van der Waals surface area (Å²) < 4.78 is 0. The SMILES string of the molecule is CC1(C)CC[C@@H](C[C@@H](C#N)NC(=O)C2CC3(CCCCC3)CN2C(=O)c2cc3cccc(Cl)c3[nH]2)C(=O)C1. The van der Waals surface area contributed by atoms with Crippen LogP contribution in [0.1, 0.15) is 88.5 Å². The van der Waals surface area contributed by atoms with Crippen LogP contribution in [0, 0.1) is 28.1 Å². The van der Waals surface area contributed by atoms with Gasteiger partial charge in [-0.15, -0.1) is 0 Å². The summed E-state index contributed by atoms with van der Waals surface area (Å²) in [4.78, 5) is 45.0. The molecule has 2 aliphatic carbocycles. The van der Waals surface area contributed by atoms with Gasteiger partial charge in [0, 0.05) is 24.3 Å². The van der Waals surface area contributed by atoms with Gasteiger partial charge in [0.05, 0.1) is 16.6 Å². The largest absolute Gasteiger partial charge is 0.349 e. The van der Waals surface area contributed by atoms with Crippen molar-refractivity contribution in [2.45, 2.75) is 90.1 Å². The zero-order chi connectivity index (χ0) is 27.1. The highest BCUT2D eigenvalue weighted by Gasteiger charge is 2.49. The Labute approximate surface area is 229 Å². The molecule has 2 N–H and O–H groups in total. The summed E-state index contributed by atoms with van der Waals surface area (Å²) in [6.45, 7) is 4.72. The molecule has 0 radical (unpaired) electrons. The molecule has 7 nitrogen and oxygen atoms in total. The number of nitrogens with zero attached hydrogens (tertiary/aromatic N) is 2. The molecule has 1 saturated heterocycles. The summed E-state index contributed by atoms with van der Waals surface area (Å²) in [5.74, 6) is -0.565. The molecule has 3 aliphatic rings. The first-order valence-corrected chi connectivity index (χ1v) is 14.3. The molecule has 8 heteroatoms. The van der Waals surface area contributed by atoms with Crippen LogP contribution in [-0.2, 0) is 9.59 Å². The third kappa shape index (κ3) is 5.33. The van der Waals surface area contributed by atoms with Crippen LogP contribution < -0.4 is 5.32 Å². The quantitative estimate of drug-likeness (QED) is 0.505. The van der Waals surface area contributed by atoms with Crippen molar-refractivity contribution < 1.29 is 14.4 Å². The normalized spacial score (nSPS) is 25.3. The van der Waals surface area contributed by atoms with E-state index >= 15 is 0 Å². The number of rotatable bonds is 5. The molecule has 2 heterocycles. The molecule has 3 fully saturated rings. The molecule has 5 rings (SSSR count). The molecule has 1 aromatic carbocycles. The van der Waals surface area contributed by atoms with Crippen LogP contribution in [0.2, 0.25) is 5.02 Å². The van der Waals surface area contributed by atoms with E-state index in [-0.39, 0.29) is 34.3 Å². The van der Waals surface area contributed by atoms with Crippen molar-refractivity contribution in [3.8, 4) is 6.07 Å². The predicted octanol–water partition coefficient (Wildman–Crippen LogP) is 5.78. The summed E-state index contributed by atoms with van der Waals surface area (Å²) >= 11 is 6.33. The second-order valence-electron chi connectivity index (χ2n) is 12.6. The van der Waals surface area contributed by atoms with Crippen LogP contribution in [0.3, 0.4) is 0 Å². The number of hydrogen-bond donors (Lipinski definition) is 2. The van der Waals surface area contributed by atoms with Crippen molar-refractivity contribution >= 4 is 40.1 Å². The lowest BCUT2D eigenvalue weighted by atomic mass is 9.71. The van der Waals surface area contributed by atoms with E-state index in [9.17, 15) is 19.6 Å². The number of para-hydroxylation sites is 1. The summed E-state index contributed by atoms with van der Waals surface area (Å²) in [6, 6.07) is 8.10. The molecule has 3 atom stereocenters. The molecular formula is C30H37ClN4O3. The third-order valence-electron chi connectivity index (χ3n) is 9.09. The average molecular weight is 537 g/mol. The maximum absolute atomic E-state index is 13.8. The molecular weight excluding hydrogens is 500 g/mol. The summed E-state index contributed by atoms with van der Waals surface area (Å²) in [6.07, 6.45) is 8.45. The minimum Gasteiger partial charge on any atom is -0.349 e. The number of amides is 2. The Hall–Kier alpha value is -2.85. The fraction of sp³-hybridized carbons (Fsp3) is 0.600. The molecule has 1 spiro atoms. The van der Waals surface area contributed by atoms with Gasteiger partial charge in [0.1, 0.15) is 23.6 Å². The van der Waals surface area contributed by atoms with E-state index in [0.29, 0.717) is 42.0 Å². The number of fused-ring (bicyclic) bond motifs is 1. The van der Waals surface area contributed by atoms with Gasteiger partial charge in [-0.2, -0.15) is 5.26 Å². The summed E-state index contributed by atoms with van der Waals surface area (Å²) in [5, 5.41) is 14.2. The van der Waals surface area contributed by atoms with Crippen molar-refractivity contribution in [2.75, 3.05) is 6.54 Å². The molecule has 38 heavy (non-hydrogen) atoms. The number of nitriles is 1. The zero-order valence-corrected chi connectivity index (χ0v) is 23.1. The minimum atomic E-state index is -0.760. The number of benzene rings is 1. The number of hydrogen-bond acceptors (Lipinski definition) is 4. The average Bonchev–Trinajstić information content (AvgIpc) is 3.48. The van der Waals surface area contributed by atoms with E-state index in [1.165, 1.54) is 6.42 Å². The number of carbonyl (C=O) groups excluding carboxylic acids is 3. The first-order valence-electron chi connectivity index (χ1n) is 13.9. The Balaban J connectivity index is 1.35. The van der Waals surface area contributed by atoms with Gasteiger partial charge in [-0.3, -0.25) is 14.4 Å². The Bertz CT molecular complexity index is 1290. The first kappa shape index (κ1) is 26.7. The molecule has 1 aliphatic heterocycles. The molecule has 1 unspecified atom stereocenters.